The number of aromatic hydroxyl groups is 4. The molecule has 3 aliphatic rings. The number of aliphatic hydroxyl groups is 6. The van der Waals surface area contributed by atoms with Crippen LogP contribution in [0.25, 0.3) is 6.08 Å². The summed E-state index contributed by atoms with van der Waals surface area (Å²) < 4.78 is 28.2. The minimum Gasteiger partial charge on any atom is -0.508 e. The summed E-state index contributed by atoms with van der Waals surface area (Å²) in [6.45, 7) is 1.41. The monoisotopic (exact) mass is 582 g/mol. The maximum Gasteiger partial charge on any atom is 0.230 e. The third-order valence-corrected chi connectivity index (χ3v) is 7.05. The lowest BCUT2D eigenvalue weighted by Crippen LogP contribution is -2.63. The molecule has 0 aromatic heterocycles. The maximum absolute atomic E-state index is 10.7. The van der Waals surface area contributed by atoms with Gasteiger partial charge in [-0.3, -0.25) is 0 Å². The molecule has 3 aliphatic heterocycles. The zero-order valence-corrected chi connectivity index (χ0v) is 21.3. The highest BCUT2D eigenvalue weighted by Gasteiger charge is 2.50. The van der Waals surface area contributed by atoms with E-state index in [-0.39, 0.29) is 28.4 Å². The Hall–Kier alpha value is -3.38. The molecule has 2 fully saturated rings. The summed E-state index contributed by atoms with van der Waals surface area (Å²) in [6, 6.07) is 5.99. The molecule has 5 rings (SSSR count). The van der Waals surface area contributed by atoms with Crippen molar-refractivity contribution in [2.24, 2.45) is 0 Å². The summed E-state index contributed by atoms with van der Waals surface area (Å²) in [5.74, 6) is -1.75. The van der Waals surface area contributed by atoms with Crippen LogP contribution in [-0.4, -0.2) is 113 Å². The van der Waals surface area contributed by atoms with E-state index in [9.17, 15) is 51.1 Å². The first-order valence-corrected chi connectivity index (χ1v) is 12.5. The molecular weight excluding hydrogens is 552 g/mol. The normalized spacial score (nSPS) is 37.0. The van der Waals surface area contributed by atoms with Gasteiger partial charge >= 0.3 is 0 Å². The van der Waals surface area contributed by atoms with Gasteiger partial charge in [-0.25, -0.2) is 0 Å². The highest BCUT2D eigenvalue weighted by Crippen LogP contribution is 2.45. The van der Waals surface area contributed by atoms with Gasteiger partial charge in [-0.15, -0.1) is 0 Å². The van der Waals surface area contributed by atoms with Crippen molar-refractivity contribution in [1.82, 2.24) is 0 Å². The van der Waals surface area contributed by atoms with Crippen molar-refractivity contribution < 1.29 is 74.7 Å². The van der Waals surface area contributed by atoms with Crippen molar-refractivity contribution in [2.75, 3.05) is 0 Å². The van der Waals surface area contributed by atoms with Crippen LogP contribution in [0.1, 0.15) is 24.2 Å². The summed E-state index contributed by atoms with van der Waals surface area (Å²) in [5, 5.41) is 102. The predicted molar refractivity (Wildman–Crippen MR) is 132 cm³/mol. The number of fused-ring (bicyclic) bond motifs is 1. The van der Waals surface area contributed by atoms with E-state index in [0.29, 0.717) is 0 Å². The van der Waals surface area contributed by atoms with Gasteiger partial charge in [0.1, 0.15) is 59.6 Å². The third-order valence-electron chi connectivity index (χ3n) is 7.05. The minimum atomic E-state index is -1.91. The number of ether oxygens (including phenoxy) is 5. The molecule has 2 saturated heterocycles. The lowest BCUT2D eigenvalue weighted by atomic mass is 9.99. The van der Waals surface area contributed by atoms with Crippen LogP contribution in [0.4, 0.5) is 0 Å². The van der Waals surface area contributed by atoms with Gasteiger partial charge in [0.25, 0.3) is 0 Å². The van der Waals surface area contributed by atoms with Gasteiger partial charge in [-0.05, 0) is 25.1 Å². The fourth-order valence-corrected chi connectivity index (χ4v) is 4.69. The van der Waals surface area contributed by atoms with Crippen molar-refractivity contribution in [2.45, 2.75) is 74.6 Å². The summed E-state index contributed by atoms with van der Waals surface area (Å²) in [7, 11) is 0. The van der Waals surface area contributed by atoms with Crippen molar-refractivity contribution in [1.29, 1.82) is 0 Å². The molecule has 11 atom stereocenters. The number of phenols is 4. The summed E-state index contributed by atoms with van der Waals surface area (Å²) in [6.07, 6.45) is -16.6. The molecule has 2 aromatic carbocycles. The van der Waals surface area contributed by atoms with E-state index in [1.807, 2.05) is 0 Å². The van der Waals surface area contributed by atoms with E-state index in [2.05, 4.69) is 0 Å². The Morgan fingerprint density at radius 3 is 1.98 bits per heavy atom. The molecule has 2 aromatic rings. The van der Waals surface area contributed by atoms with Gasteiger partial charge in [0.2, 0.25) is 6.29 Å². The molecule has 0 amide bonds. The number of benzene rings is 2. The zero-order valence-electron chi connectivity index (χ0n) is 21.3. The molecule has 0 aliphatic carbocycles. The predicted octanol–water partition coefficient (Wildman–Crippen LogP) is -1.39. The summed E-state index contributed by atoms with van der Waals surface area (Å²) >= 11 is 0. The lowest BCUT2D eigenvalue weighted by molar-refractivity contribution is -0.394. The Bertz CT molecular complexity index is 1300. The molecule has 15 nitrogen and oxygen atoms in total. The Morgan fingerprint density at radius 1 is 0.659 bits per heavy atom. The van der Waals surface area contributed by atoms with Crippen molar-refractivity contribution >= 4 is 6.08 Å². The number of hydrogen-bond donors (Lipinski definition) is 10. The fourth-order valence-electron chi connectivity index (χ4n) is 4.69. The number of phenolic OH excluding ortho intramolecular Hbond substituents is 4. The standard InChI is InChI=1S/C26H30O15/c1-8-17(31)18(32)20(34)24(37-8)40-26-22(36)19(33)21(35)25(41-26)39-16-7-11-13(29)5-10(27)6-15(11)38-23(16)9-2-3-12(28)14(30)4-9/h2-8,17-36H,1H3. The van der Waals surface area contributed by atoms with Gasteiger partial charge < -0.3 is 74.7 Å². The number of hydrogen-bond acceptors (Lipinski definition) is 15. The van der Waals surface area contributed by atoms with Gasteiger partial charge in [-0.2, -0.15) is 0 Å². The topological polar surface area (TPSA) is 248 Å². The SMILES string of the molecule is CC1OC(OC2OC(OC3=Cc4c(O)cc(O)cc4OC3c3ccc(O)c(O)c3)C(O)C(O)C2O)C(O)C(O)C1O. The third kappa shape index (κ3) is 5.46. The molecule has 11 unspecified atom stereocenters. The molecule has 0 radical (unpaired) electrons. The van der Waals surface area contributed by atoms with Crippen molar-refractivity contribution in [3.63, 3.8) is 0 Å². The van der Waals surface area contributed by atoms with E-state index in [4.69, 9.17) is 23.7 Å². The lowest BCUT2D eigenvalue weighted by Gasteiger charge is -2.44. The Labute approximate surface area is 231 Å². The summed E-state index contributed by atoms with van der Waals surface area (Å²) in [4.78, 5) is 0. The van der Waals surface area contributed by atoms with Gasteiger partial charge in [0.15, 0.2) is 30.2 Å². The molecule has 0 spiro atoms. The zero-order chi connectivity index (χ0) is 29.7. The second-order valence-electron chi connectivity index (χ2n) is 9.95. The molecule has 10 N–H and O–H groups in total. The van der Waals surface area contributed by atoms with E-state index < -0.39 is 85.0 Å². The molecular formula is C26H30O15. The van der Waals surface area contributed by atoms with Crippen molar-refractivity contribution in [3.8, 4) is 28.7 Å². The van der Waals surface area contributed by atoms with Crippen LogP contribution >= 0.6 is 0 Å². The average molecular weight is 583 g/mol. The molecule has 224 valence electrons. The first-order chi connectivity index (χ1) is 19.3. The Kier molecular flexibility index (Phi) is 7.90. The van der Waals surface area contributed by atoms with Crippen LogP contribution < -0.4 is 4.74 Å². The van der Waals surface area contributed by atoms with E-state index in [0.717, 1.165) is 12.1 Å². The maximum atomic E-state index is 10.7. The number of rotatable bonds is 5. The average Bonchev–Trinajstić information content (AvgIpc) is 2.93. The quantitative estimate of drug-likeness (QED) is 0.182. The second kappa shape index (κ2) is 11.1. The Morgan fingerprint density at radius 2 is 1.29 bits per heavy atom. The highest BCUT2D eigenvalue weighted by atomic mass is 16.8. The first kappa shape index (κ1) is 29.1. The molecule has 41 heavy (non-hydrogen) atoms. The molecule has 15 heteroatoms. The van der Waals surface area contributed by atoms with E-state index in [1.54, 1.807) is 0 Å². The number of aliphatic hydroxyl groups excluding tert-OH is 6. The van der Waals surface area contributed by atoms with E-state index >= 15 is 0 Å². The first-order valence-electron chi connectivity index (χ1n) is 12.5. The second-order valence-corrected chi connectivity index (χ2v) is 9.95. The van der Waals surface area contributed by atoms with Crippen LogP contribution in [0.3, 0.4) is 0 Å². The molecule has 0 bridgehead atoms. The van der Waals surface area contributed by atoms with Crippen LogP contribution in [0.2, 0.25) is 0 Å². The molecule has 0 saturated carbocycles. The van der Waals surface area contributed by atoms with Crippen LogP contribution in [0.15, 0.2) is 36.1 Å². The van der Waals surface area contributed by atoms with Crippen molar-refractivity contribution in [3.05, 3.63) is 47.2 Å². The van der Waals surface area contributed by atoms with Gasteiger partial charge in [0, 0.05) is 17.7 Å². The highest BCUT2D eigenvalue weighted by molar-refractivity contribution is 5.69. The van der Waals surface area contributed by atoms with Gasteiger partial charge in [-0.1, -0.05) is 6.07 Å². The molecule has 3 heterocycles. The van der Waals surface area contributed by atoms with Crippen LogP contribution in [0, 0.1) is 0 Å². The van der Waals surface area contributed by atoms with Crippen LogP contribution in [-0.2, 0) is 18.9 Å². The minimum absolute atomic E-state index is 0.0208. The van der Waals surface area contributed by atoms with Crippen LogP contribution in [0.5, 0.6) is 28.7 Å². The fraction of sp³-hybridized carbons (Fsp3) is 0.462. The summed E-state index contributed by atoms with van der Waals surface area (Å²) in [5.41, 5.74) is 0.287. The van der Waals surface area contributed by atoms with E-state index in [1.165, 1.54) is 31.2 Å². The van der Waals surface area contributed by atoms with Gasteiger partial charge in [0.05, 0.1) is 11.7 Å². The smallest absolute Gasteiger partial charge is 0.230 e. The Balaban J connectivity index is 1.44. The largest absolute Gasteiger partial charge is 0.508 e.